The Hall–Kier alpha value is -0.610. The monoisotopic (exact) mass is 282 g/mol. The van der Waals surface area contributed by atoms with Gasteiger partial charge in [-0.05, 0) is 45.1 Å². The molecule has 2 aliphatic carbocycles. The van der Waals surface area contributed by atoms with Gasteiger partial charge in [-0.15, -0.1) is 0 Å². The van der Waals surface area contributed by atoms with Crippen molar-refractivity contribution in [1.82, 2.24) is 5.32 Å². The van der Waals surface area contributed by atoms with Crippen molar-refractivity contribution in [3.8, 4) is 0 Å². The summed E-state index contributed by atoms with van der Waals surface area (Å²) in [5.41, 5.74) is 5.81. The van der Waals surface area contributed by atoms with E-state index in [1.54, 1.807) is 0 Å². The quantitative estimate of drug-likeness (QED) is 0.813. The number of hydrogen-bond donors (Lipinski definition) is 2. The smallest absolute Gasteiger partial charge is 0.249 e. The SMILES string of the molecule is CC(OC1CCCCC1CN)C(=O)NC1CCCCC1. The molecule has 1 amide bonds. The van der Waals surface area contributed by atoms with E-state index in [0.29, 0.717) is 18.5 Å². The first-order valence-corrected chi connectivity index (χ1v) is 8.36. The summed E-state index contributed by atoms with van der Waals surface area (Å²) in [5, 5.41) is 3.15. The van der Waals surface area contributed by atoms with Crippen LogP contribution in [0.4, 0.5) is 0 Å². The van der Waals surface area contributed by atoms with E-state index < -0.39 is 0 Å². The first-order chi connectivity index (χ1) is 9.70. The van der Waals surface area contributed by atoms with Gasteiger partial charge < -0.3 is 15.8 Å². The molecule has 0 aliphatic heterocycles. The van der Waals surface area contributed by atoms with Gasteiger partial charge in [-0.1, -0.05) is 32.1 Å². The Morgan fingerprint density at radius 3 is 2.50 bits per heavy atom. The van der Waals surface area contributed by atoms with Crippen LogP contribution in [0, 0.1) is 5.92 Å². The van der Waals surface area contributed by atoms with Crippen LogP contribution < -0.4 is 11.1 Å². The van der Waals surface area contributed by atoms with Crippen molar-refractivity contribution in [2.24, 2.45) is 11.7 Å². The molecular weight excluding hydrogens is 252 g/mol. The van der Waals surface area contributed by atoms with Gasteiger partial charge >= 0.3 is 0 Å². The molecule has 0 radical (unpaired) electrons. The number of rotatable bonds is 5. The van der Waals surface area contributed by atoms with Crippen molar-refractivity contribution in [1.29, 1.82) is 0 Å². The lowest BCUT2D eigenvalue weighted by Gasteiger charge is -2.33. The van der Waals surface area contributed by atoms with E-state index in [4.69, 9.17) is 10.5 Å². The molecular formula is C16H30N2O2. The predicted octanol–water partition coefficient (Wildman–Crippen LogP) is 2.36. The van der Waals surface area contributed by atoms with Gasteiger partial charge in [-0.2, -0.15) is 0 Å². The van der Waals surface area contributed by atoms with Crippen molar-refractivity contribution in [3.63, 3.8) is 0 Å². The number of carbonyl (C=O) groups excluding carboxylic acids is 1. The summed E-state index contributed by atoms with van der Waals surface area (Å²) in [6, 6.07) is 0.360. The van der Waals surface area contributed by atoms with Crippen LogP contribution in [0.1, 0.15) is 64.7 Å². The molecule has 0 saturated heterocycles. The third kappa shape index (κ3) is 4.45. The highest BCUT2D eigenvalue weighted by molar-refractivity contribution is 5.80. The van der Waals surface area contributed by atoms with Gasteiger partial charge in [0.05, 0.1) is 6.10 Å². The van der Waals surface area contributed by atoms with Crippen molar-refractivity contribution < 1.29 is 9.53 Å². The Labute approximate surface area is 122 Å². The molecule has 0 bridgehead atoms. The molecule has 3 atom stereocenters. The van der Waals surface area contributed by atoms with E-state index in [1.807, 2.05) is 6.92 Å². The molecule has 2 saturated carbocycles. The molecule has 20 heavy (non-hydrogen) atoms. The number of hydrogen-bond acceptors (Lipinski definition) is 3. The Balaban J connectivity index is 1.77. The van der Waals surface area contributed by atoms with Gasteiger partial charge in [-0.25, -0.2) is 0 Å². The van der Waals surface area contributed by atoms with Crippen LogP contribution >= 0.6 is 0 Å². The van der Waals surface area contributed by atoms with Crippen LogP contribution in [0.15, 0.2) is 0 Å². The summed E-state index contributed by atoms with van der Waals surface area (Å²) < 4.78 is 6.01. The maximum absolute atomic E-state index is 12.2. The first kappa shape index (κ1) is 15.8. The third-order valence-electron chi connectivity index (χ3n) is 4.84. The zero-order valence-corrected chi connectivity index (χ0v) is 12.8. The van der Waals surface area contributed by atoms with Gasteiger partial charge in [0, 0.05) is 6.04 Å². The number of amides is 1. The molecule has 4 heteroatoms. The van der Waals surface area contributed by atoms with Crippen molar-refractivity contribution in [3.05, 3.63) is 0 Å². The molecule has 116 valence electrons. The molecule has 4 nitrogen and oxygen atoms in total. The molecule has 2 aliphatic rings. The fourth-order valence-corrected chi connectivity index (χ4v) is 3.51. The van der Waals surface area contributed by atoms with Gasteiger partial charge in [0.1, 0.15) is 6.10 Å². The van der Waals surface area contributed by atoms with E-state index in [2.05, 4.69) is 5.32 Å². The topological polar surface area (TPSA) is 64.3 Å². The van der Waals surface area contributed by atoms with E-state index in [-0.39, 0.29) is 18.1 Å². The highest BCUT2D eigenvalue weighted by Crippen LogP contribution is 2.27. The lowest BCUT2D eigenvalue weighted by Crippen LogP contribution is -2.45. The van der Waals surface area contributed by atoms with E-state index in [0.717, 1.165) is 25.7 Å². The maximum atomic E-state index is 12.2. The van der Waals surface area contributed by atoms with Crippen molar-refractivity contribution in [2.45, 2.75) is 83.0 Å². The number of nitrogens with one attached hydrogen (secondary N) is 1. The fourth-order valence-electron chi connectivity index (χ4n) is 3.51. The average molecular weight is 282 g/mol. The number of carbonyl (C=O) groups is 1. The van der Waals surface area contributed by atoms with Crippen LogP contribution in [-0.4, -0.2) is 30.7 Å². The molecule has 0 heterocycles. The zero-order chi connectivity index (χ0) is 14.4. The third-order valence-corrected chi connectivity index (χ3v) is 4.84. The molecule has 0 spiro atoms. The largest absolute Gasteiger partial charge is 0.365 e. The second-order valence-electron chi connectivity index (χ2n) is 6.44. The molecule has 0 aromatic heterocycles. The van der Waals surface area contributed by atoms with Gasteiger partial charge in [0.2, 0.25) is 5.91 Å². The van der Waals surface area contributed by atoms with Gasteiger partial charge in [0.25, 0.3) is 0 Å². The Morgan fingerprint density at radius 2 is 1.80 bits per heavy atom. The Bertz CT molecular complexity index is 303. The van der Waals surface area contributed by atoms with Gasteiger partial charge in [0.15, 0.2) is 0 Å². The maximum Gasteiger partial charge on any atom is 0.249 e. The summed E-state index contributed by atoms with van der Waals surface area (Å²) in [6.07, 6.45) is 10.4. The normalized spacial score (nSPS) is 29.9. The van der Waals surface area contributed by atoms with Crippen LogP contribution in [-0.2, 0) is 9.53 Å². The van der Waals surface area contributed by atoms with Gasteiger partial charge in [-0.3, -0.25) is 4.79 Å². The molecule has 2 fully saturated rings. The lowest BCUT2D eigenvalue weighted by molar-refractivity contribution is -0.140. The molecule has 2 rings (SSSR count). The summed E-state index contributed by atoms with van der Waals surface area (Å²) in [5.74, 6) is 0.479. The average Bonchev–Trinajstić information content (AvgIpc) is 2.48. The molecule has 3 unspecified atom stereocenters. The van der Waals surface area contributed by atoms with E-state index >= 15 is 0 Å². The first-order valence-electron chi connectivity index (χ1n) is 8.36. The number of ether oxygens (including phenoxy) is 1. The van der Waals surface area contributed by atoms with Crippen LogP contribution in [0.25, 0.3) is 0 Å². The zero-order valence-electron chi connectivity index (χ0n) is 12.8. The summed E-state index contributed by atoms with van der Waals surface area (Å²) >= 11 is 0. The van der Waals surface area contributed by atoms with Crippen LogP contribution in [0.2, 0.25) is 0 Å². The molecule has 0 aromatic rings. The minimum absolute atomic E-state index is 0.0539. The highest BCUT2D eigenvalue weighted by atomic mass is 16.5. The fraction of sp³-hybridized carbons (Fsp3) is 0.938. The molecule has 0 aromatic carbocycles. The Kier molecular flexibility index (Phi) is 6.30. The summed E-state index contributed by atoms with van der Waals surface area (Å²) in [4.78, 5) is 12.2. The van der Waals surface area contributed by atoms with Crippen molar-refractivity contribution in [2.75, 3.05) is 6.54 Å². The predicted molar refractivity (Wildman–Crippen MR) is 80.4 cm³/mol. The van der Waals surface area contributed by atoms with E-state index in [9.17, 15) is 4.79 Å². The lowest BCUT2D eigenvalue weighted by atomic mass is 9.86. The second-order valence-corrected chi connectivity index (χ2v) is 6.44. The molecule has 3 N–H and O–H groups in total. The van der Waals surface area contributed by atoms with E-state index in [1.165, 1.54) is 32.1 Å². The standard InChI is InChI=1S/C16H30N2O2/c1-12(16(19)18-14-8-3-2-4-9-14)20-15-10-6-5-7-13(15)11-17/h12-15H,2-11,17H2,1H3,(H,18,19). The highest BCUT2D eigenvalue weighted by Gasteiger charge is 2.29. The number of nitrogens with two attached hydrogens (primary N) is 1. The summed E-state index contributed by atoms with van der Waals surface area (Å²) in [6.45, 7) is 2.54. The van der Waals surface area contributed by atoms with Crippen molar-refractivity contribution >= 4 is 5.91 Å². The van der Waals surface area contributed by atoms with Crippen LogP contribution in [0.3, 0.4) is 0 Å². The summed E-state index contributed by atoms with van der Waals surface area (Å²) in [7, 11) is 0. The Morgan fingerprint density at radius 1 is 1.15 bits per heavy atom. The second kappa shape index (κ2) is 7.99. The minimum Gasteiger partial charge on any atom is -0.365 e. The van der Waals surface area contributed by atoms with Crippen LogP contribution in [0.5, 0.6) is 0 Å². The minimum atomic E-state index is -0.353.